The van der Waals surface area contributed by atoms with Crippen LogP contribution < -0.4 is 14.8 Å². The molecule has 4 rings (SSSR count). The average molecular weight is 563 g/mol. The first-order valence-electron chi connectivity index (χ1n) is 12.5. The molecule has 37 heavy (non-hydrogen) atoms. The van der Waals surface area contributed by atoms with E-state index in [1.165, 1.54) is 0 Å². The fourth-order valence-corrected chi connectivity index (χ4v) is 4.64. The summed E-state index contributed by atoms with van der Waals surface area (Å²) in [5.74, 6) is 2.38. The molecule has 0 aliphatic carbocycles. The van der Waals surface area contributed by atoms with Gasteiger partial charge in [0.1, 0.15) is 5.82 Å². The molecule has 0 bridgehead atoms. The molecule has 0 unspecified atom stereocenters. The number of amides is 1. The van der Waals surface area contributed by atoms with Crippen molar-refractivity contribution < 1.29 is 14.3 Å². The van der Waals surface area contributed by atoms with Gasteiger partial charge in [0.05, 0.1) is 24.8 Å². The lowest BCUT2D eigenvalue weighted by Crippen LogP contribution is -2.26. The molecule has 0 atom stereocenters. The van der Waals surface area contributed by atoms with Crippen LogP contribution in [0.1, 0.15) is 41.5 Å². The zero-order chi connectivity index (χ0) is 26.0. The molecule has 4 aromatic rings. The number of imidazole rings is 1. The number of nitrogens with zero attached hydrogens (tertiary/aromatic N) is 2. The molecular formula is C30H32BrN3O3. The molecule has 0 saturated heterocycles. The predicted octanol–water partition coefficient (Wildman–Crippen LogP) is 6.67. The predicted molar refractivity (Wildman–Crippen MR) is 152 cm³/mol. The summed E-state index contributed by atoms with van der Waals surface area (Å²) in [5.41, 5.74) is 3.80. The first kappa shape index (κ1) is 26.5. The highest BCUT2D eigenvalue weighted by atomic mass is 79.9. The van der Waals surface area contributed by atoms with Gasteiger partial charge in [-0.1, -0.05) is 52.3 Å². The lowest BCUT2D eigenvalue weighted by atomic mass is 10.2. The van der Waals surface area contributed by atoms with Gasteiger partial charge >= 0.3 is 0 Å². The molecule has 1 N–H and O–H groups in total. The summed E-state index contributed by atoms with van der Waals surface area (Å²) in [4.78, 5) is 17.4. The maximum atomic E-state index is 12.5. The van der Waals surface area contributed by atoms with Crippen molar-refractivity contribution in [1.82, 2.24) is 14.9 Å². The van der Waals surface area contributed by atoms with Gasteiger partial charge < -0.3 is 19.4 Å². The first-order chi connectivity index (χ1) is 18.1. The number of carbonyl (C=O) groups is 1. The zero-order valence-electron chi connectivity index (χ0n) is 21.2. The van der Waals surface area contributed by atoms with E-state index in [0.717, 1.165) is 57.8 Å². The van der Waals surface area contributed by atoms with Crippen LogP contribution in [0.2, 0.25) is 0 Å². The Morgan fingerprint density at radius 3 is 2.73 bits per heavy atom. The van der Waals surface area contributed by atoms with Crippen molar-refractivity contribution in [3.63, 3.8) is 0 Å². The van der Waals surface area contributed by atoms with Gasteiger partial charge in [-0.25, -0.2) is 4.98 Å². The minimum Gasteiger partial charge on any atom is -0.493 e. The summed E-state index contributed by atoms with van der Waals surface area (Å²) in [7, 11) is 1.66. The van der Waals surface area contributed by atoms with Gasteiger partial charge in [0, 0.05) is 29.5 Å². The third kappa shape index (κ3) is 7.01. The number of hydrogen-bond acceptors (Lipinski definition) is 4. The Morgan fingerprint density at radius 2 is 1.92 bits per heavy atom. The molecule has 1 heterocycles. The van der Waals surface area contributed by atoms with Crippen LogP contribution in [0.3, 0.4) is 0 Å². The largest absolute Gasteiger partial charge is 0.493 e. The summed E-state index contributed by atoms with van der Waals surface area (Å²) in [6.45, 7) is 3.94. The number of aryl methyl sites for hydroxylation is 1. The maximum absolute atomic E-state index is 12.5. The van der Waals surface area contributed by atoms with Gasteiger partial charge in [0.2, 0.25) is 0 Å². The van der Waals surface area contributed by atoms with Crippen LogP contribution in [0, 0.1) is 0 Å². The molecular weight excluding hydrogens is 530 g/mol. The molecule has 1 aromatic heterocycles. The van der Waals surface area contributed by atoms with Crippen molar-refractivity contribution in [3.05, 3.63) is 94.2 Å². The van der Waals surface area contributed by atoms with E-state index in [2.05, 4.69) is 31.9 Å². The number of halogens is 1. The van der Waals surface area contributed by atoms with Crippen LogP contribution in [-0.4, -0.2) is 35.7 Å². The fraction of sp³-hybridized carbons (Fsp3) is 0.267. The van der Waals surface area contributed by atoms with Crippen LogP contribution >= 0.6 is 15.9 Å². The second-order valence-electron chi connectivity index (χ2n) is 8.65. The maximum Gasteiger partial charge on any atom is 0.251 e. The van der Waals surface area contributed by atoms with E-state index < -0.39 is 0 Å². The van der Waals surface area contributed by atoms with Crippen LogP contribution in [0.25, 0.3) is 17.1 Å². The molecule has 1 amide bonds. The number of benzene rings is 3. The summed E-state index contributed by atoms with van der Waals surface area (Å²) in [5, 5.41) is 3.01. The van der Waals surface area contributed by atoms with Crippen molar-refractivity contribution >= 4 is 38.9 Å². The Labute approximate surface area is 226 Å². The van der Waals surface area contributed by atoms with E-state index in [1.807, 2.05) is 79.7 Å². The third-order valence-corrected chi connectivity index (χ3v) is 6.53. The number of methoxy groups -OCH3 is 1. The van der Waals surface area contributed by atoms with Gasteiger partial charge in [-0.2, -0.15) is 0 Å². The average Bonchev–Trinajstić information content (AvgIpc) is 3.26. The van der Waals surface area contributed by atoms with Gasteiger partial charge in [0.15, 0.2) is 11.5 Å². The van der Waals surface area contributed by atoms with E-state index in [-0.39, 0.29) is 5.91 Å². The van der Waals surface area contributed by atoms with Crippen LogP contribution in [0.4, 0.5) is 0 Å². The van der Waals surface area contributed by atoms with Crippen molar-refractivity contribution in [3.8, 4) is 11.5 Å². The van der Waals surface area contributed by atoms with E-state index in [1.54, 1.807) is 7.11 Å². The number of rotatable bonds is 12. The monoisotopic (exact) mass is 561 g/mol. The van der Waals surface area contributed by atoms with E-state index >= 15 is 0 Å². The van der Waals surface area contributed by atoms with Crippen molar-refractivity contribution in [1.29, 1.82) is 0 Å². The van der Waals surface area contributed by atoms with Crippen LogP contribution in [0.5, 0.6) is 11.5 Å². The summed E-state index contributed by atoms with van der Waals surface area (Å²) in [6.07, 6.45) is 6.52. The van der Waals surface area contributed by atoms with E-state index in [9.17, 15) is 4.79 Å². The minimum absolute atomic E-state index is 0.0877. The van der Waals surface area contributed by atoms with Gasteiger partial charge in [-0.05, 0) is 67.8 Å². The van der Waals surface area contributed by atoms with Gasteiger partial charge in [-0.15, -0.1) is 0 Å². The summed E-state index contributed by atoms with van der Waals surface area (Å²) < 4.78 is 14.7. The van der Waals surface area contributed by atoms with E-state index in [0.29, 0.717) is 25.1 Å². The number of hydrogen-bond donors (Lipinski definition) is 1. The SMILES string of the molecule is C/C=C/c1ccc(OCCCCn2c(CCNC(=O)c3cccc(Br)c3)nc3ccccc32)c(OC)c1. The number of fused-ring (bicyclic) bond motifs is 1. The minimum atomic E-state index is -0.0877. The number of allylic oxidation sites excluding steroid dienone is 1. The normalized spacial score (nSPS) is 11.2. The lowest BCUT2D eigenvalue weighted by Gasteiger charge is -2.13. The lowest BCUT2D eigenvalue weighted by molar-refractivity contribution is 0.0954. The summed E-state index contributed by atoms with van der Waals surface area (Å²) >= 11 is 3.42. The molecule has 0 spiro atoms. The second-order valence-corrected chi connectivity index (χ2v) is 9.57. The highest BCUT2D eigenvalue weighted by Crippen LogP contribution is 2.29. The summed E-state index contributed by atoms with van der Waals surface area (Å²) in [6, 6.07) is 21.5. The highest BCUT2D eigenvalue weighted by Gasteiger charge is 2.12. The molecule has 6 nitrogen and oxygen atoms in total. The van der Waals surface area contributed by atoms with Crippen molar-refractivity contribution in [2.75, 3.05) is 20.3 Å². The quantitative estimate of drug-likeness (QED) is 0.196. The Bertz CT molecular complexity index is 1380. The number of nitrogens with one attached hydrogen (secondary N) is 1. The standard InChI is InChI=1S/C30H32BrN3O3/c1-3-9-22-14-15-27(28(20-22)36-2)37-19-7-6-18-34-26-13-5-4-12-25(26)33-29(34)16-17-32-30(35)23-10-8-11-24(31)21-23/h3-5,8-15,20-21H,6-7,16-19H2,1-2H3,(H,32,35)/b9-3+. The zero-order valence-corrected chi connectivity index (χ0v) is 22.8. The Hall–Kier alpha value is -3.58. The Morgan fingerprint density at radius 1 is 1.05 bits per heavy atom. The molecule has 0 aliphatic heterocycles. The second kappa shape index (κ2) is 13.1. The molecule has 0 aliphatic rings. The van der Waals surface area contributed by atoms with Gasteiger partial charge in [0.25, 0.3) is 5.91 Å². The number of unbranched alkanes of at least 4 members (excludes halogenated alkanes) is 1. The molecule has 7 heteroatoms. The molecule has 0 saturated carbocycles. The molecule has 3 aromatic carbocycles. The van der Waals surface area contributed by atoms with Crippen molar-refractivity contribution in [2.24, 2.45) is 0 Å². The smallest absolute Gasteiger partial charge is 0.251 e. The molecule has 192 valence electrons. The highest BCUT2D eigenvalue weighted by molar-refractivity contribution is 9.10. The number of aromatic nitrogens is 2. The molecule has 0 radical (unpaired) electrons. The number of ether oxygens (including phenoxy) is 2. The number of carbonyl (C=O) groups excluding carboxylic acids is 1. The van der Waals surface area contributed by atoms with Crippen LogP contribution in [0.15, 0.2) is 77.3 Å². The Balaban J connectivity index is 1.33. The topological polar surface area (TPSA) is 65.4 Å². The Kier molecular flexibility index (Phi) is 9.38. The van der Waals surface area contributed by atoms with Crippen LogP contribution in [-0.2, 0) is 13.0 Å². The van der Waals surface area contributed by atoms with E-state index in [4.69, 9.17) is 14.5 Å². The molecule has 0 fully saturated rings. The third-order valence-electron chi connectivity index (χ3n) is 6.03. The van der Waals surface area contributed by atoms with Crippen molar-refractivity contribution in [2.45, 2.75) is 32.7 Å². The fourth-order valence-electron chi connectivity index (χ4n) is 4.24. The number of para-hydroxylation sites is 2. The van der Waals surface area contributed by atoms with Gasteiger partial charge in [-0.3, -0.25) is 4.79 Å². The first-order valence-corrected chi connectivity index (χ1v) is 13.3.